The van der Waals surface area contributed by atoms with E-state index >= 15 is 0 Å². The van der Waals surface area contributed by atoms with E-state index in [1.807, 2.05) is 6.20 Å². The summed E-state index contributed by atoms with van der Waals surface area (Å²) in [5, 5.41) is 3.49. The van der Waals surface area contributed by atoms with Crippen LogP contribution in [0.5, 0.6) is 0 Å². The summed E-state index contributed by atoms with van der Waals surface area (Å²) in [5.74, 6) is 1.72. The van der Waals surface area contributed by atoms with Crippen LogP contribution >= 0.6 is 15.9 Å². The lowest BCUT2D eigenvalue weighted by Crippen LogP contribution is -2.36. The Balaban J connectivity index is 3.06. The first kappa shape index (κ1) is 17.4. The maximum atomic E-state index is 4.67. The van der Waals surface area contributed by atoms with Crippen molar-refractivity contribution in [2.75, 3.05) is 11.4 Å². The molecule has 114 valence electrons. The molecule has 1 N–H and O–H groups in total. The molecule has 0 aromatic carbocycles. The van der Waals surface area contributed by atoms with Crippen LogP contribution in [0.4, 0.5) is 5.82 Å². The van der Waals surface area contributed by atoms with E-state index in [0.29, 0.717) is 18.0 Å². The molecule has 0 saturated carbocycles. The molecule has 0 aliphatic rings. The number of hydrogen-bond donors (Lipinski definition) is 1. The summed E-state index contributed by atoms with van der Waals surface area (Å²) in [5.41, 5.74) is 1.25. The quantitative estimate of drug-likeness (QED) is 0.804. The van der Waals surface area contributed by atoms with Gasteiger partial charge in [-0.15, -0.1) is 0 Å². The van der Waals surface area contributed by atoms with Crippen LogP contribution in [0.1, 0.15) is 47.1 Å². The van der Waals surface area contributed by atoms with E-state index in [9.17, 15) is 0 Å². The second-order valence-electron chi connectivity index (χ2n) is 6.31. The van der Waals surface area contributed by atoms with Crippen molar-refractivity contribution in [3.8, 4) is 0 Å². The molecule has 0 fully saturated rings. The summed E-state index contributed by atoms with van der Waals surface area (Å²) >= 11 is 3.53. The Morgan fingerprint density at radius 3 is 2.35 bits per heavy atom. The van der Waals surface area contributed by atoms with Crippen LogP contribution in [0, 0.1) is 5.92 Å². The number of hydrogen-bond acceptors (Lipinski definition) is 3. The monoisotopic (exact) mass is 341 g/mol. The van der Waals surface area contributed by atoms with Gasteiger partial charge in [0.25, 0.3) is 0 Å². The lowest BCUT2D eigenvalue weighted by molar-refractivity contribution is 0.555. The van der Waals surface area contributed by atoms with Crippen molar-refractivity contribution in [1.29, 1.82) is 0 Å². The highest BCUT2D eigenvalue weighted by Crippen LogP contribution is 2.24. The van der Waals surface area contributed by atoms with E-state index in [-0.39, 0.29) is 0 Å². The normalized spacial score (nSPS) is 11.7. The molecule has 1 aromatic rings. The summed E-state index contributed by atoms with van der Waals surface area (Å²) in [7, 11) is 0. The predicted molar refractivity (Wildman–Crippen MR) is 91.2 cm³/mol. The molecule has 0 radical (unpaired) electrons. The summed E-state index contributed by atoms with van der Waals surface area (Å²) in [6, 6.07) is 3.09. The zero-order chi connectivity index (χ0) is 15.3. The first-order valence-corrected chi connectivity index (χ1v) is 8.25. The number of aromatic nitrogens is 1. The van der Waals surface area contributed by atoms with E-state index in [2.05, 4.69) is 78.7 Å². The SMILES string of the molecule is CC(C)CN(c1ncc(Br)cc1CNC(C)C)C(C)C. The average molecular weight is 342 g/mol. The number of halogens is 1. The molecule has 0 bridgehead atoms. The Labute approximate surface area is 132 Å². The van der Waals surface area contributed by atoms with Gasteiger partial charge in [-0.25, -0.2) is 4.98 Å². The number of anilines is 1. The van der Waals surface area contributed by atoms with Gasteiger partial charge in [0.05, 0.1) is 0 Å². The smallest absolute Gasteiger partial charge is 0.133 e. The average Bonchev–Trinajstić information content (AvgIpc) is 2.33. The number of nitrogens with zero attached hydrogens (tertiary/aromatic N) is 2. The molecule has 20 heavy (non-hydrogen) atoms. The molecule has 0 amide bonds. The van der Waals surface area contributed by atoms with Gasteiger partial charge in [-0.1, -0.05) is 27.7 Å². The molecule has 0 spiro atoms. The maximum absolute atomic E-state index is 4.67. The van der Waals surface area contributed by atoms with Crippen LogP contribution in [-0.2, 0) is 6.54 Å². The second-order valence-corrected chi connectivity index (χ2v) is 7.23. The summed E-state index contributed by atoms with van der Waals surface area (Å²) < 4.78 is 1.04. The molecule has 0 aliphatic heterocycles. The fourth-order valence-electron chi connectivity index (χ4n) is 2.11. The molecule has 1 heterocycles. The molecule has 1 rings (SSSR count). The third kappa shape index (κ3) is 5.41. The molecule has 1 aromatic heterocycles. The van der Waals surface area contributed by atoms with Crippen molar-refractivity contribution < 1.29 is 0 Å². The zero-order valence-electron chi connectivity index (χ0n) is 13.6. The highest BCUT2D eigenvalue weighted by molar-refractivity contribution is 9.10. The fraction of sp³-hybridized carbons (Fsp3) is 0.688. The van der Waals surface area contributed by atoms with E-state index < -0.39 is 0 Å². The Hall–Kier alpha value is -0.610. The van der Waals surface area contributed by atoms with Gasteiger partial charge in [0, 0.05) is 41.4 Å². The van der Waals surface area contributed by atoms with Gasteiger partial charge in [0.1, 0.15) is 5.82 Å². The van der Waals surface area contributed by atoms with Crippen LogP contribution in [-0.4, -0.2) is 23.6 Å². The van der Waals surface area contributed by atoms with Gasteiger partial charge in [-0.3, -0.25) is 0 Å². The minimum absolute atomic E-state index is 0.448. The Bertz CT molecular complexity index is 416. The summed E-state index contributed by atoms with van der Waals surface area (Å²) in [4.78, 5) is 7.07. The first-order valence-electron chi connectivity index (χ1n) is 7.45. The highest BCUT2D eigenvalue weighted by atomic mass is 79.9. The Kier molecular flexibility index (Phi) is 6.96. The standard InChI is InChI=1S/C16H28BrN3/c1-11(2)10-20(13(5)6)16-14(8-18-12(3)4)7-15(17)9-19-16/h7,9,11-13,18H,8,10H2,1-6H3. The van der Waals surface area contributed by atoms with Crippen LogP contribution in [0.3, 0.4) is 0 Å². The molecule has 4 heteroatoms. The third-order valence-corrected chi connectivity index (χ3v) is 3.50. The molecule has 0 saturated heterocycles. The maximum Gasteiger partial charge on any atom is 0.133 e. The van der Waals surface area contributed by atoms with Gasteiger partial charge < -0.3 is 10.2 Å². The predicted octanol–water partition coefficient (Wildman–Crippen LogP) is 4.21. The Morgan fingerprint density at radius 2 is 1.85 bits per heavy atom. The molecule has 0 atom stereocenters. The van der Waals surface area contributed by atoms with Crippen LogP contribution in [0.25, 0.3) is 0 Å². The van der Waals surface area contributed by atoms with Crippen LogP contribution in [0.15, 0.2) is 16.7 Å². The topological polar surface area (TPSA) is 28.2 Å². The van der Waals surface area contributed by atoms with E-state index in [0.717, 1.165) is 23.4 Å². The van der Waals surface area contributed by atoms with Gasteiger partial charge in [-0.2, -0.15) is 0 Å². The molecule has 3 nitrogen and oxygen atoms in total. The van der Waals surface area contributed by atoms with Crippen molar-refractivity contribution in [1.82, 2.24) is 10.3 Å². The van der Waals surface area contributed by atoms with E-state index in [1.165, 1.54) is 5.56 Å². The molecule has 0 aliphatic carbocycles. The van der Waals surface area contributed by atoms with Crippen molar-refractivity contribution in [3.63, 3.8) is 0 Å². The van der Waals surface area contributed by atoms with Gasteiger partial charge >= 0.3 is 0 Å². The largest absolute Gasteiger partial charge is 0.354 e. The van der Waals surface area contributed by atoms with Crippen molar-refractivity contribution in [2.45, 2.75) is 60.2 Å². The summed E-state index contributed by atoms with van der Waals surface area (Å²) in [6.07, 6.45) is 1.89. The summed E-state index contributed by atoms with van der Waals surface area (Å²) in [6.45, 7) is 15.2. The van der Waals surface area contributed by atoms with Gasteiger partial charge in [-0.05, 0) is 41.8 Å². The molecular weight excluding hydrogens is 314 g/mol. The zero-order valence-corrected chi connectivity index (χ0v) is 15.2. The van der Waals surface area contributed by atoms with Crippen LogP contribution in [0.2, 0.25) is 0 Å². The lowest BCUT2D eigenvalue weighted by atomic mass is 10.1. The highest BCUT2D eigenvalue weighted by Gasteiger charge is 2.17. The van der Waals surface area contributed by atoms with Gasteiger partial charge in [0.15, 0.2) is 0 Å². The van der Waals surface area contributed by atoms with Crippen molar-refractivity contribution >= 4 is 21.7 Å². The van der Waals surface area contributed by atoms with Crippen LogP contribution < -0.4 is 10.2 Å². The van der Waals surface area contributed by atoms with E-state index in [4.69, 9.17) is 0 Å². The minimum Gasteiger partial charge on any atom is -0.354 e. The van der Waals surface area contributed by atoms with E-state index in [1.54, 1.807) is 0 Å². The number of nitrogens with one attached hydrogen (secondary N) is 1. The van der Waals surface area contributed by atoms with Crippen molar-refractivity contribution in [2.24, 2.45) is 5.92 Å². The third-order valence-electron chi connectivity index (χ3n) is 3.07. The van der Waals surface area contributed by atoms with Gasteiger partial charge in [0.2, 0.25) is 0 Å². The number of pyridine rings is 1. The minimum atomic E-state index is 0.448. The van der Waals surface area contributed by atoms with Crippen molar-refractivity contribution in [3.05, 3.63) is 22.3 Å². The second kappa shape index (κ2) is 7.99. The number of rotatable bonds is 7. The Morgan fingerprint density at radius 1 is 1.20 bits per heavy atom. The fourth-order valence-corrected chi connectivity index (χ4v) is 2.49. The molecular formula is C16H28BrN3. The first-order chi connectivity index (χ1) is 9.31. The lowest BCUT2D eigenvalue weighted by Gasteiger charge is -2.31. The molecule has 0 unspecified atom stereocenters.